The Morgan fingerprint density at radius 1 is 0.897 bits per heavy atom. The summed E-state index contributed by atoms with van der Waals surface area (Å²) in [5.74, 6) is 0.116. The van der Waals surface area contributed by atoms with Crippen molar-refractivity contribution in [2.75, 3.05) is 25.0 Å². The molecule has 2 heterocycles. The molecule has 2 bridgehead atoms. The summed E-state index contributed by atoms with van der Waals surface area (Å²) < 4.78 is 0. The maximum Gasteiger partial charge on any atom is 0.253 e. The second kappa shape index (κ2) is 8.58. The van der Waals surface area contributed by atoms with Crippen molar-refractivity contribution in [3.05, 3.63) is 60.2 Å². The predicted octanol–water partition coefficient (Wildman–Crippen LogP) is 4.93. The lowest BCUT2D eigenvalue weighted by molar-refractivity contribution is 0.0773. The molecule has 4 nitrogen and oxygen atoms in total. The summed E-state index contributed by atoms with van der Waals surface area (Å²) in [5, 5.41) is 0. The Morgan fingerprint density at radius 2 is 1.45 bits per heavy atom. The molecular formula is C25H33N3O. The van der Waals surface area contributed by atoms with Crippen molar-refractivity contribution in [2.24, 2.45) is 0 Å². The number of hydrogen-bond donors (Lipinski definition) is 0. The smallest absolute Gasteiger partial charge is 0.253 e. The highest BCUT2D eigenvalue weighted by Crippen LogP contribution is 2.40. The molecule has 4 heteroatoms. The Labute approximate surface area is 175 Å². The van der Waals surface area contributed by atoms with Gasteiger partial charge in [0.25, 0.3) is 5.91 Å². The van der Waals surface area contributed by atoms with E-state index in [1.165, 1.54) is 37.1 Å². The fourth-order valence-corrected chi connectivity index (χ4v) is 5.21. The number of para-hydroxylation sites is 1. The minimum absolute atomic E-state index is 0.116. The van der Waals surface area contributed by atoms with Crippen LogP contribution in [0.1, 0.15) is 49.9 Å². The van der Waals surface area contributed by atoms with Crippen LogP contribution >= 0.6 is 0 Å². The zero-order valence-corrected chi connectivity index (χ0v) is 17.9. The molecule has 0 radical (unpaired) electrons. The average Bonchev–Trinajstić information content (AvgIpc) is 2.96. The Hall–Kier alpha value is -2.33. The summed E-state index contributed by atoms with van der Waals surface area (Å²) >= 11 is 0. The molecule has 0 spiro atoms. The molecule has 29 heavy (non-hydrogen) atoms. The first kappa shape index (κ1) is 20.0. The van der Waals surface area contributed by atoms with Gasteiger partial charge >= 0.3 is 0 Å². The van der Waals surface area contributed by atoms with E-state index in [9.17, 15) is 4.79 Å². The van der Waals surface area contributed by atoms with E-state index < -0.39 is 0 Å². The average molecular weight is 392 g/mol. The molecule has 2 saturated heterocycles. The van der Waals surface area contributed by atoms with Crippen LogP contribution in [0.5, 0.6) is 0 Å². The molecule has 154 valence electrons. The largest absolute Gasteiger partial charge is 0.339 e. The van der Waals surface area contributed by atoms with Gasteiger partial charge in [0.15, 0.2) is 0 Å². The maximum absolute atomic E-state index is 12.7. The highest BCUT2D eigenvalue weighted by Gasteiger charge is 2.40. The molecule has 0 N–H and O–H groups in total. The Balaban J connectivity index is 1.63. The number of carbonyl (C=O) groups is 1. The zero-order valence-electron chi connectivity index (χ0n) is 17.9. The number of piperidine rings is 1. The molecule has 2 unspecified atom stereocenters. The van der Waals surface area contributed by atoms with E-state index in [-0.39, 0.29) is 5.91 Å². The van der Waals surface area contributed by atoms with Crippen LogP contribution in [0.3, 0.4) is 0 Å². The number of benzene rings is 2. The van der Waals surface area contributed by atoms with Crippen molar-refractivity contribution in [1.29, 1.82) is 0 Å². The van der Waals surface area contributed by atoms with Crippen molar-refractivity contribution >= 4 is 17.3 Å². The molecule has 4 rings (SSSR count). The van der Waals surface area contributed by atoms with Crippen molar-refractivity contribution in [2.45, 2.75) is 57.7 Å². The maximum atomic E-state index is 12.7. The molecule has 0 saturated carbocycles. The van der Waals surface area contributed by atoms with Gasteiger partial charge in [0.05, 0.1) is 0 Å². The normalized spacial score (nSPS) is 23.8. The zero-order chi connectivity index (χ0) is 20.4. The van der Waals surface area contributed by atoms with Gasteiger partial charge in [0.2, 0.25) is 0 Å². The molecule has 1 amide bonds. The molecule has 2 aliphatic heterocycles. The first-order valence-electron chi connectivity index (χ1n) is 11.1. The molecule has 2 fully saturated rings. The van der Waals surface area contributed by atoms with Crippen molar-refractivity contribution in [3.8, 4) is 0 Å². The second-order valence-corrected chi connectivity index (χ2v) is 8.41. The first-order valence-corrected chi connectivity index (χ1v) is 11.1. The minimum Gasteiger partial charge on any atom is -0.339 e. The molecular weight excluding hydrogens is 358 g/mol. The van der Waals surface area contributed by atoms with E-state index in [2.05, 4.69) is 59.3 Å². The lowest BCUT2D eigenvalue weighted by atomic mass is 9.95. The van der Waals surface area contributed by atoms with Crippen LogP contribution in [0.15, 0.2) is 54.6 Å². The number of nitrogens with zero attached hydrogens (tertiary/aromatic N) is 3. The highest BCUT2D eigenvalue weighted by molar-refractivity contribution is 5.94. The topological polar surface area (TPSA) is 26.8 Å². The Kier molecular flexibility index (Phi) is 5.91. The fraction of sp³-hybridized carbons (Fsp3) is 0.480. The van der Waals surface area contributed by atoms with E-state index >= 15 is 0 Å². The molecule has 2 aromatic carbocycles. The van der Waals surface area contributed by atoms with E-state index in [4.69, 9.17) is 0 Å². The fourth-order valence-electron chi connectivity index (χ4n) is 5.21. The van der Waals surface area contributed by atoms with Crippen LogP contribution in [-0.2, 0) is 0 Å². The second-order valence-electron chi connectivity index (χ2n) is 8.41. The predicted molar refractivity (Wildman–Crippen MR) is 120 cm³/mol. The van der Waals surface area contributed by atoms with Gasteiger partial charge in [0.1, 0.15) is 0 Å². The number of amides is 1. The van der Waals surface area contributed by atoms with Crippen molar-refractivity contribution in [1.82, 2.24) is 9.80 Å². The summed E-state index contributed by atoms with van der Waals surface area (Å²) in [6.07, 6.45) is 5.03. The van der Waals surface area contributed by atoms with Gasteiger partial charge in [0, 0.05) is 48.2 Å². The van der Waals surface area contributed by atoms with Crippen LogP contribution in [0, 0.1) is 0 Å². The van der Waals surface area contributed by atoms with Crippen LogP contribution < -0.4 is 4.90 Å². The van der Waals surface area contributed by atoms with Crippen LogP contribution in [0.2, 0.25) is 0 Å². The number of hydrogen-bond acceptors (Lipinski definition) is 3. The van der Waals surface area contributed by atoms with Gasteiger partial charge in [-0.3, -0.25) is 4.79 Å². The van der Waals surface area contributed by atoms with Gasteiger partial charge in [-0.2, -0.15) is 0 Å². The van der Waals surface area contributed by atoms with Gasteiger partial charge in [-0.25, -0.2) is 0 Å². The number of anilines is 2. The Bertz CT molecular complexity index is 802. The molecule has 2 aromatic rings. The third-order valence-corrected chi connectivity index (χ3v) is 6.92. The van der Waals surface area contributed by atoms with Crippen LogP contribution in [0.25, 0.3) is 0 Å². The van der Waals surface area contributed by atoms with E-state index in [1.54, 1.807) is 0 Å². The van der Waals surface area contributed by atoms with Gasteiger partial charge in [-0.1, -0.05) is 18.2 Å². The molecule has 2 atom stereocenters. The molecule has 2 aliphatic rings. The van der Waals surface area contributed by atoms with Gasteiger partial charge in [-0.15, -0.1) is 0 Å². The summed E-state index contributed by atoms with van der Waals surface area (Å²) in [4.78, 5) is 19.7. The monoisotopic (exact) mass is 391 g/mol. The number of rotatable bonds is 6. The third-order valence-electron chi connectivity index (χ3n) is 6.92. The first-order chi connectivity index (χ1) is 14.1. The van der Waals surface area contributed by atoms with E-state index in [0.29, 0.717) is 18.1 Å². The number of fused-ring (bicyclic) bond motifs is 2. The summed E-state index contributed by atoms with van der Waals surface area (Å²) in [6.45, 7) is 5.54. The molecule has 0 aliphatic carbocycles. The van der Waals surface area contributed by atoms with Gasteiger partial charge < -0.3 is 14.7 Å². The van der Waals surface area contributed by atoms with Crippen LogP contribution in [0.4, 0.5) is 11.4 Å². The van der Waals surface area contributed by atoms with Crippen molar-refractivity contribution in [3.63, 3.8) is 0 Å². The standard InChI is InChI=1S/C25H33N3O/c1-4-27(5-2)25(29)19-11-13-21(14-12-19)28(20-9-7-6-8-10-20)24-17-22-15-16-23(18-24)26(22)3/h6-14,22-24H,4-5,15-18H2,1-3H3. The summed E-state index contributed by atoms with van der Waals surface area (Å²) in [5.41, 5.74) is 3.19. The van der Waals surface area contributed by atoms with E-state index in [1.807, 2.05) is 30.9 Å². The van der Waals surface area contributed by atoms with Crippen LogP contribution in [-0.4, -0.2) is 54.0 Å². The van der Waals surface area contributed by atoms with Crippen molar-refractivity contribution < 1.29 is 4.79 Å². The number of carbonyl (C=O) groups excluding carboxylic acids is 1. The van der Waals surface area contributed by atoms with E-state index in [0.717, 1.165) is 18.7 Å². The molecule has 0 aromatic heterocycles. The lowest BCUT2D eigenvalue weighted by Crippen LogP contribution is -2.47. The third kappa shape index (κ3) is 3.91. The summed E-state index contributed by atoms with van der Waals surface area (Å²) in [7, 11) is 2.29. The highest BCUT2D eigenvalue weighted by atomic mass is 16.2. The lowest BCUT2D eigenvalue weighted by Gasteiger charge is -2.43. The van der Waals surface area contributed by atoms with Gasteiger partial charge in [-0.05, 0) is 83.0 Å². The minimum atomic E-state index is 0.116. The summed E-state index contributed by atoms with van der Waals surface area (Å²) in [6, 6.07) is 20.8. The Morgan fingerprint density at radius 3 is 2.00 bits per heavy atom. The SMILES string of the molecule is CCN(CC)C(=O)c1ccc(N(c2ccccc2)C2CC3CCC(C2)N3C)cc1. The quantitative estimate of drug-likeness (QED) is 0.698.